The molecule has 0 aliphatic carbocycles. The normalized spacial score (nSPS) is 17.3. The van der Waals surface area contributed by atoms with E-state index in [1.54, 1.807) is 0 Å². The van der Waals surface area contributed by atoms with Crippen molar-refractivity contribution in [1.82, 2.24) is 15.5 Å². The van der Waals surface area contributed by atoms with Gasteiger partial charge < -0.3 is 16.4 Å². The third kappa shape index (κ3) is 4.98. The van der Waals surface area contributed by atoms with Gasteiger partial charge in [-0.1, -0.05) is 19.4 Å². The Bertz CT molecular complexity index is 845. The van der Waals surface area contributed by atoms with Gasteiger partial charge >= 0.3 is 6.18 Å². The van der Waals surface area contributed by atoms with Gasteiger partial charge in [-0.25, -0.2) is 0 Å². The van der Waals surface area contributed by atoms with Crippen LogP contribution in [-0.2, 0) is 12.6 Å². The molecule has 5 nitrogen and oxygen atoms in total. The SMILES string of the molecule is CCCCc1c(-c2ccc(C(F)(F)F)cc2N)nnc(NC2CCCNC2)c1C. The van der Waals surface area contributed by atoms with Crippen LogP contribution in [0.3, 0.4) is 0 Å². The van der Waals surface area contributed by atoms with E-state index in [-0.39, 0.29) is 11.7 Å². The van der Waals surface area contributed by atoms with Crippen molar-refractivity contribution in [3.8, 4) is 11.3 Å². The van der Waals surface area contributed by atoms with Crippen LogP contribution >= 0.6 is 0 Å². The smallest absolute Gasteiger partial charge is 0.398 e. The van der Waals surface area contributed by atoms with Crippen LogP contribution in [0.5, 0.6) is 0 Å². The minimum Gasteiger partial charge on any atom is -0.398 e. The molecule has 2 aromatic rings. The van der Waals surface area contributed by atoms with Gasteiger partial charge in [0, 0.05) is 23.8 Å². The van der Waals surface area contributed by atoms with Crippen molar-refractivity contribution < 1.29 is 13.2 Å². The first-order valence-electron chi connectivity index (χ1n) is 10.1. The minimum atomic E-state index is -4.43. The minimum absolute atomic E-state index is 0.0588. The zero-order chi connectivity index (χ0) is 21.0. The number of aromatic nitrogens is 2. The molecule has 1 fully saturated rings. The van der Waals surface area contributed by atoms with Crippen molar-refractivity contribution in [1.29, 1.82) is 0 Å². The first-order chi connectivity index (χ1) is 13.8. The zero-order valence-electron chi connectivity index (χ0n) is 16.9. The molecule has 3 rings (SSSR count). The van der Waals surface area contributed by atoms with Gasteiger partial charge in [0.1, 0.15) is 0 Å². The molecule has 8 heteroatoms. The summed E-state index contributed by atoms with van der Waals surface area (Å²) in [5.41, 5.74) is 8.31. The summed E-state index contributed by atoms with van der Waals surface area (Å²) in [5.74, 6) is 0.735. The van der Waals surface area contributed by atoms with Crippen LogP contribution in [0.25, 0.3) is 11.3 Å². The van der Waals surface area contributed by atoms with Crippen LogP contribution in [0.15, 0.2) is 18.2 Å². The molecule has 1 aliphatic heterocycles. The second-order valence-electron chi connectivity index (χ2n) is 7.59. The van der Waals surface area contributed by atoms with Crippen molar-refractivity contribution in [2.75, 3.05) is 24.1 Å². The van der Waals surface area contributed by atoms with Crippen molar-refractivity contribution in [3.05, 3.63) is 34.9 Å². The second-order valence-corrected chi connectivity index (χ2v) is 7.59. The molecule has 0 amide bonds. The molecule has 1 unspecified atom stereocenters. The average molecular weight is 407 g/mol. The number of unbranched alkanes of at least 4 members (excludes halogenated alkanes) is 1. The van der Waals surface area contributed by atoms with Crippen LogP contribution < -0.4 is 16.4 Å². The monoisotopic (exact) mass is 407 g/mol. The van der Waals surface area contributed by atoms with E-state index in [1.807, 2.05) is 6.92 Å². The van der Waals surface area contributed by atoms with E-state index in [2.05, 4.69) is 27.8 Å². The quantitative estimate of drug-likeness (QED) is 0.612. The first-order valence-corrected chi connectivity index (χ1v) is 10.1. The fourth-order valence-corrected chi connectivity index (χ4v) is 3.69. The van der Waals surface area contributed by atoms with E-state index in [0.717, 1.165) is 74.3 Å². The van der Waals surface area contributed by atoms with Crippen molar-refractivity contribution in [2.45, 2.75) is 58.2 Å². The number of benzene rings is 1. The summed E-state index contributed by atoms with van der Waals surface area (Å²) in [7, 11) is 0. The Morgan fingerprint density at radius 1 is 1.28 bits per heavy atom. The largest absolute Gasteiger partial charge is 0.416 e. The molecule has 29 heavy (non-hydrogen) atoms. The summed E-state index contributed by atoms with van der Waals surface area (Å²) in [5, 5.41) is 15.6. The Hall–Kier alpha value is -2.35. The third-order valence-electron chi connectivity index (χ3n) is 5.40. The highest BCUT2D eigenvalue weighted by molar-refractivity contribution is 5.78. The van der Waals surface area contributed by atoms with E-state index in [4.69, 9.17) is 5.73 Å². The van der Waals surface area contributed by atoms with Gasteiger partial charge in [-0.2, -0.15) is 13.2 Å². The van der Waals surface area contributed by atoms with Gasteiger partial charge in [-0.3, -0.25) is 0 Å². The molecule has 158 valence electrons. The van der Waals surface area contributed by atoms with Crippen LogP contribution in [0, 0.1) is 6.92 Å². The van der Waals surface area contributed by atoms with Gasteiger partial charge in [-0.05, 0) is 62.4 Å². The Labute approximate surface area is 169 Å². The van der Waals surface area contributed by atoms with Gasteiger partial charge in [0.15, 0.2) is 5.82 Å². The van der Waals surface area contributed by atoms with Crippen molar-refractivity contribution in [3.63, 3.8) is 0 Å². The molecule has 0 radical (unpaired) electrons. The highest BCUT2D eigenvalue weighted by atomic mass is 19.4. The molecule has 1 aliphatic rings. The molecular weight excluding hydrogens is 379 g/mol. The maximum Gasteiger partial charge on any atom is 0.416 e. The van der Waals surface area contributed by atoms with Gasteiger partial charge in [0.2, 0.25) is 0 Å². The lowest BCUT2D eigenvalue weighted by atomic mass is 9.96. The molecule has 1 aromatic carbocycles. The lowest BCUT2D eigenvalue weighted by molar-refractivity contribution is -0.137. The predicted molar refractivity (Wildman–Crippen MR) is 110 cm³/mol. The number of rotatable bonds is 6. The molecule has 0 saturated carbocycles. The highest BCUT2D eigenvalue weighted by Crippen LogP contribution is 2.36. The van der Waals surface area contributed by atoms with Gasteiger partial charge in [-0.15, -0.1) is 10.2 Å². The van der Waals surface area contributed by atoms with E-state index >= 15 is 0 Å². The maximum atomic E-state index is 13.0. The van der Waals surface area contributed by atoms with E-state index < -0.39 is 11.7 Å². The van der Waals surface area contributed by atoms with Crippen LogP contribution in [-0.4, -0.2) is 29.3 Å². The van der Waals surface area contributed by atoms with E-state index in [0.29, 0.717) is 11.3 Å². The predicted octanol–water partition coefficient (Wildman–Crippen LogP) is 4.56. The third-order valence-corrected chi connectivity index (χ3v) is 5.40. The number of hydrogen-bond acceptors (Lipinski definition) is 5. The van der Waals surface area contributed by atoms with Gasteiger partial charge in [0.05, 0.1) is 11.3 Å². The Morgan fingerprint density at radius 2 is 2.07 bits per heavy atom. The lowest BCUT2D eigenvalue weighted by Crippen LogP contribution is -2.38. The molecule has 1 atom stereocenters. The number of hydrogen-bond donors (Lipinski definition) is 3. The Morgan fingerprint density at radius 3 is 2.69 bits per heavy atom. The highest BCUT2D eigenvalue weighted by Gasteiger charge is 2.31. The summed E-state index contributed by atoms with van der Waals surface area (Å²) in [4.78, 5) is 0. The summed E-state index contributed by atoms with van der Waals surface area (Å²) in [6.07, 6.45) is 0.453. The number of nitrogens with zero attached hydrogens (tertiary/aromatic N) is 2. The zero-order valence-corrected chi connectivity index (χ0v) is 16.9. The molecule has 0 bridgehead atoms. The van der Waals surface area contributed by atoms with Crippen molar-refractivity contribution in [2.24, 2.45) is 0 Å². The molecule has 4 N–H and O–H groups in total. The summed E-state index contributed by atoms with van der Waals surface area (Å²) in [6, 6.07) is 3.70. The number of halogens is 3. The summed E-state index contributed by atoms with van der Waals surface area (Å²) >= 11 is 0. The molecule has 1 saturated heterocycles. The molecule has 2 heterocycles. The Balaban J connectivity index is 1.98. The number of nitrogens with two attached hydrogens (primary N) is 1. The maximum absolute atomic E-state index is 13.0. The van der Waals surface area contributed by atoms with Crippen LogP contribution in [0.1, 0.15) is 49.3 Å². The lowest BCUT2D eigenvalue weighted by Gasteiger charge is -2.25. The number of piperidine rings is 1. The summed E-state index contributed by atoms with van der Waals surface area (Å²) < 4.78 is 39.0. The second kappa shape index (κ2) is 8.98. The number of alkyl halides is 3. The molecule has 0 spiro atoms. The van der Waals surface area contributed by atoms with Crippen LogP contribution in [0.4, 0.5) is 24.7 Å². The van der Waals surface area contributed by atoms with E-state index in [9.17, 15) is 13.2 Å². The van der Waals surface area contributed by atoms with Crippen LogP contribution in [0.2, 0.25) is 0 Å². The van der Waals surface area contributed by atoms with E-state index in [1.165, 1.54) is 6.07 Å². The standard InChI is InChI=1S/C21H28F3N5/c1-3-4-7-16-13(2)20(27-15-6-5-10-26-12-15)29-28-19(16)17-9-8-14(11-18(17)25)21(22,23)24/h8-9,11,15,26H,3-7,10,12,25H2,1-2H3,(H,27,29). The number of anilines is 2. The fraction of sp³-hybridized carbons (Fsp3) is 0.524. The summed E-state index contributed by atoms with van der Waals surface area (Å²) in [6.45, 7) is 5.99. The average Bonchev–Trinajstić information content (AvgIpc) is 2.69. The molecular formula is C21H28F3N5. The fourth-order valence-electron chi connectivity index (χ4n) is 3.69. The van der Waals surface area contributed by atoms with Crippen molar-refractivity contribution >= 4 is 11.5 Å². The molecule has 1 aromatic heterocycles. The first kappa shape index (κ1) is 21.4. The number of nitrogen functional groups attached to an aromatic ring is 1. The van der Waals surface area contributed by atoms with Gasteiger partial charge in [0.25, 0.3) is 0 Å². The Kier molecular flexibility index (Phi) is 6.62. The number of nitrogens with one attached hydrogen (secondary N) is 2. The topological polar surface area (TPSA) is 75.9 Å².